The van der Waals surface area contributed by atoms with E-state index in [1.165, 1.54) is 11.3 Å². The van der Waals surface area contributed by atoms with Crippen molar-refractivity contribution in [1.82, 2.24) is 29.1 Å². The Morgan fingerprint density at radius 2 is 1.90 bits per heavy atom. The average Bonchev–Trinajstić information content (AvgIpc) is 3.38. The van der Waals surface area contributed by atoms with Crippen LogP contribution in [0.15, 0.2) is 61.4 Å². The lowest BCUT2D eigenvalue weighted by molar-refractivity contribution is 0.621. The lowest BCUT2D eigenvalue weighted by Gasteiger charge is -2.28. The Kier molecular flexibility index (Phi) is 4.56. The molecule has 7 nitrogen and oxygen atoms in total. The van der Waals surface area contributed by atoms with Crippen molar-refractivity contribution in [2.75, 3.05) is 11.4 Å². The summed E-state index contributed by atoms with van der Waals surface area (Å²) in [5.74, 6) is 2.56. The average molecular weight is 385 g/mol. The van der Waals surface area contributed by atoms with E-state index < -0.39 is 0 Å². The molecule has 0 N–H and O–H groups in total. The number of rotatable bonds is 5. The minimum atomic E-state index is 0.759. The highest BCUT2D eigenvalue weighted by molar-refractivity contribution is 5.42. The van der Waals surface area contributed by atoms with Crippen molar-refractivity contribution in [2.24, 2.45) is 0 Å². The van der Waals surface area contributed by atoms with Crippen molar-refractivity contribution in [2.45, 2.75) is 32.9 Å². The number of nitrogens with zero attached hydrogens (tertiary/aromatic N) is 7. The number of aromatic nitrogens is 6. The van der Waals surface area contributed by atoms with E-state index in [-0.39, 0.29) is 0 Å². The largest absolute Gasteiger partial charge is 0.349 e. The lowest BCUT2D eigenvalue weighted by Crippen LogP contribution is -2.32. The molecule has 0 amide bonds. The van der Waals surface area contributed by atoms with Gasteiger partial charge in [-0.05, 0) is 18.9 Å². The molecule has 0 saturated carbocycles. The molecule has 0 saturated heterocycles. The molecule has 4 aromatic rings. The van der Waals surface area contributed by atoms with Gasteiger partial charge in [0.2, 0.25) is 0 Å². The summed E-state index contributed by atoms with van der Waals surface area (Å²) in [6.07, 6.45) is 11.2. The number of anilines is 1. The normalized spacial score (nSPS) is 13.5. The number of aryl methyl sites for hydroxylation is 3. The van der Waals surface area contributed by atoms with Crippen LogP contribution in [0.25, 0.3) is 5.82 Å². The lowest BCUT2D eigenvalue weighted by atomic mass is 10.1. The molecule has 1 aromatic carbocycles. The van der Waals surface area contributed by atoms with Gasteiger partial charge in [0, 0.05) is 37.6 Å². The highest BCUT2D eigenvalue weighted by Gasteiger charge is 2.22. The fourth-order valence-electron chi connectivity index (χ4n) is 3.89. The summed E-state index contributed by atoms with van der Waals surface area (Å²) in [5.41, 5.74) is 3.83. The van der Waals surface area contributed by atoms with Crippen LogP contribution in [0.5, 0.6) is 0 Å². The molecule has 0 unspecified atom stereocenters. The first kappa shape index (κ1) is 17.6. The fourth-order valence-corrected chi connectivity index (χ4v) is 3.89. The highest BCUT2D eigenvalue weighted by Crippen LogP contribution is 2.23. The summed E-state index contributed by atoms with van der Waals surface area (Å²) in [6, 6.07) is 10.6. The molecule has 0 spiro atoms. The Balaban J connectivity index is 1.32. The zero-order chi connectivity index (χ0) is 19.6. The maximum atomic E-state index is 4.81. The summed E-state index contributed by atoms with van der Waals surface area (Å²) in [7, 11) is 0. The van der Waals surface area contributed by atoms with E-state index in [9.17, 15) is 0 Å². The maximum absolute atomic E-state index is 4.81. The van der Waals surface area contributed by atoms with Crippen LogP contribution in [0.4, 0.5) is 5.82 Å². The van der Waals surface area contributed by atoms with Crippen LogP contribution >= 0.6 is 0 Å². The van der Waals surface area contributed by atoms with Gasteiger partial charge in [0.1, 0.15) is 11.6 Å². The topological polar surface area (TPSA) is 64.7 Å². The molecule has 4 heterocycles. The van der Waals surface area contributed by atoms with Gasteiger partial charge in [-0.15, -0.1) is 0 Å². The van der Waals surface area contributed by atoms with Gasteiger partial charge in [-0.2, -0.15) is 0 Å². The molecular formula is C22H23N7. The van der Waals surface area contributed by atoms with Gasteiger partial charge in [-0.25, -0.2) is 15.0 Å². The summed E-state index contributed by atoms with van der Waals surface area (Å²) in [5, 5.41) is 0. The Hall–Kier alpha value is -3.48. The molecule has 29 heavy (non-hydrogen) atoms. The standard InChI is InChI=1S/C22H23N7/c1-17-24-9-12-29(17)22-14-23-13-21(26-22)27-11-8-20-19(15-27)25-16-28(20)10-7-18-5-3-2-4-6-18/h2-6,9,12-14,16H,7-8,10-11,15H2,1H3. The first-order valence-corrected chi connectivity index (χ1v) is 9.92. The van der Waals surface area contributed by atoms with Gasteiger partial charge in [-0.1, -0.05) is 30.3 Å². The predicted octanol–water partition coefficient (Wildman–Crippen LogP) is 2.97. The van der Waals surface area contributed by atoms with Gasteiger partial charge < -0.3 is 9.47 Å². The van der Waals surface area contributed by atoms with Gasteiger partial charge in [-0.3, -0.25) is 9.55 Å². The van der Waals surface area contributed by atoms with E-state index in [0.29, 0.717) is 0 Å². The third-order valence-electron chi connectivity index (χ3n) is 5.48. The SMILES string of the molecule is Cc1nccn1-c1cncc(N2CCc3c(ncn3CCc3ccccc3)C2)n1. The molecule has 0 fully saturated rings. The van der Waals surface area contributed by atoms with E-state index in [1.54, 1.807) is 12.4 Å². The molecule has 1 aliphatic heterocycles. The van der Waals surface area contributed by atoms with Crippen LogP contribution < -0.4 is 4.90 Å². The summed E-state index contributed by atoms with van der Waals surface area (Å²) in [6.45, 7) is 4.59. The maximum Gasteiger partial charge on any atom is 0.159 e. The number of hydrogen-bond donors (Lipinski definition) is 0. The van der Waals surface area contributed by atoms with E-state index in [0.717, 1.165) is 55.6 Å². The van der Waals surface area contributed by atoms with E-state index in [4.69, 9.17) is 4.98 Å². The Bertz CT molecular complexity index is 1110. The third kappa shape index (κ3) is 3.51. The molecule has 3 aromatic heterocycles. The van der Waals surface area contributed by atoms with Gasteiger partial charge in [0.25, 0.3) is 0 Å². The predicted molar refractivity (Wildman–Crippen MR) is 111 cm³/mol. The van der Waals surface area contributed by atoms with Crippen LogP contribution in [0.3, 0.4) is 0 Å². The number of imidazole rings is 2. The van der Waals surface area contributed by atoms with Gasteiger partial charge in [0.05, 0.1) is 31.0 Å². The summed E-state index contributed by atoms with van der Waals surface area (Å²) >= 11 is 0. The summed E-state index contributed by atoms with van der Waals surface area (Å²) < 4.78 is 4.25. The molecule has 1 aliphatic rings. The van der Waals surface area contributed by atoms with Crippen molar-refractivity contribution in [3.05, 3.63) is 84.2 Å². The first-order valence-electron chi connectivity index (χ1n) is 9.92. The zero-order valence-corrected chi connectivity index (χ0v) is 16.4. The van der Waals surface area contributed by atoms with Crippen LogP contribution in [-0.4, -0.2) is 35.6 Å². The van der Waals surface area contributed by atoms with Crippen molar-refractivity contribution in [3.8, 4) is 5.82 Å². The van der Waals surface area contributed by atoms with E-state index in [1.807, 2.05) is 30.2 Å². The molecule has 146 valence electrons. The molecule has 5 rings (SSSR count). The second-order valence-electron chi connectivity index (χ2n) is 7.32. The van der Waals surface area contributed by atoms with Crippen molar-refractivity contribution >= 4 is 5.82 Å². The van der Waals surface area contributed by atoms with Crippen molar-refractivity contribution in [3.63, 3.8) is 0 Å². The highest BCUT2D eigenvalue weighted by atomic mass is 15.2. The second-order valence-corrected chi connectivity index (χ2v) is 7.32. The molecular weight excluding hydrogens is 362 g/mol. The molecule has 0 atom stereocenters. The van der Waals surface area contributed by atoms with E-state index >= 15 is 0 Å². The Morgan fingerprint density at radius 3 is 2.72 bits per heavy atom. The zero-order valence-electron chi connectivity index (χ0n) is 16.4. The number of fused-ring (bicyclic) bond motifs is 1. The number of hydrogen-bond acceptors (Lipinski definition) is 5. The minimum Gasteiger partial charge on any atom is -0.349 e. The van der Waals surface area contributed by atoms with Crippen LogP contribution in [0.2, 0.25) is 0 Å². The molecule has 0 aliphatic carbocycles. The van der Waals surface area contributed by atoms with Crippen LogP contribution in [0.1, 0.15) is 22.8 Å². The first-order chi connectivity index (χ1) is 14.3. The van der Waals surface area contributed by atoms with Gasteiger partial charge in [0.15, 0.2) is 5.82 Å². The number of benzene rings is 1. The second kappa shape index (κ2) is 7.50. The van der Waals surface area contributed by atoms with Crippen molar-refractivity contribution < 1.29 is 0 Å². The molecule has 7 heteroatoms. The third-order valence-corrected chi connectivity index (χ3v) is 5.48. The fraction of sp³-hybridized carbons (Fsp3) is 0.273. The monoisotopic (exact) mass is 385 g/mol. The Morgan fingerprint density at radius 1 is 1.03 bits per heavy atom. The van der Waals surface area contributed by atoms with Crippen molar-refractivity contribution in [1.29, 1.82) is 0 Å². The molecule has 0 radical (unpaired) electrons. The molecule has 0 bridgehead atoms. The minimum absolute atomic E-state index is 0.759. The quantitative estimate of drug-likeness (QED) is 0.528. The van der Waals surface area contributed by atoms with Crippen LogP contribution in [0, 0.1) is 6.92 Å². The van der Waals surface area contributed by atoms with Gasteiger partial charge >= 0.3 is 0 Å². The van der Waals surface area contributed by atoms with E-state index in [2.05, 4.69) is 54.8 Å². The van der Waals surface area contributed by atoms with Crippen LogP contribution in [-0.2, 0) is 25.9 Å². The Labute approximate surface area is 169 Å². The smallest absolute Gasteiger partial charge is 0.159 e. The summed E-state index contributed by atoms with van der Waals surface area (Å²) in [4.78, 5) is 20.4.